The van der Waals surface area contributed by atoms with E-state index in [1.54, 1.807) is 11.3 Å². The van der Waals surface area contributed by atoms with Gasteiger partial charge in [0.2, 0.25) is 0 Å². The number of nitrogens with zero attached hydrogens (tertiary/aromatic N) is 4. The summed E-state index contributed by atoms with van der Waals surface area (Å²) in [5.74, 6) is 7.44. The van der Waals surface area contributed by atoms with E-state index < -0.39 is 0 Å². The number of nitrogens with two attached hydrogens (primary N) is 1. The van der Waals surface area contributed by atoms with E-state index in [2.05, 4.69) is 20.4 Å². The molecule has 0 fully saturated rings. The van der Waals surface area contributed by atoms with E-state index in [0.717, 1.165) is 18.1 Å². The highest BCUT2D eigenvalue weighted by Crippen LogP contribution is 2.20. The van der Waals surface area contributed by atoms with Gasteiger partial charge in [0.25, 0.3) is 0 Å². The first-order valence-corrected chi connectivity index (χ1v) is 7.54. The van der Waals surface area contributed by atoms with Crippen LogP contribution in [0.1, 0.15) is 23.3 Å². The molecule has 0 aromatic carbocycles. The van der Waals surface area contributed by atoms with Gasteiger partial charge in [-0.25, -0.2) is 20.8 Å². The highest BCUT2D eigenvalue weighted by molar-refractivity contribution is 7.09. The number of rotatable bonds is 7. The van der Waals surface area contributed by atoms with Gasteiger partial charge in [-0.3, -0.25) is 0 Å². The second-order valence-corrected chi connectivity index (χ2v) is 5.47. The van der Waals surface area contributed by atoms with Crippen molar-refractivity contribution in [2.75, 3.05) is 24.0 Å². The Morgan fingerprint density at radius 3 is 2.86 bits per heavy atom. The maximum Gasteiger partial charge on any atom is 0.158 e. The first-order valence-electron chi connectivity index (χ1n) is 6.66. The number of anilines is 2. The van der Waals surface area contributed by atoms with Gasteiger partial charge in [-0.15, -0.1) is 11.3 Å². The average Bonchev–Trinajstić information content (AvgIpc) is 2.90. The van der Waals surface area contributed by atoms with Crippen molar-refractivity contribution in [2.24, 2.45) is 5.84 Å². The van der Waals surface area contributed by atoms with Crippen LogP contribution < -0.4 is 16.2 Å². The molecular formula is C13H20N6OS. The minimum atomic E-state index is 0.368. The van der Waals surface area contributed by atoms with Crippen molar-refractivity contribution in [3.63, 3.8) is 0 Å². The summed E-state index contributed by atoms with van der Waals surface area (Å²) in [4.78, 5) is 16.3. The Morgan fingerprint density at radius 2 is 2.24 bits per heavy atom. The van der Waals surface area contributed by atoms with E-state index in [4.69, 9.17) is 10.6 Å². The SMILES string of the molecule is CCOCc1nc(NN)cc(N(C)Cc2scnc2C)n1. The zero-order valence-corrected chi connectivity index (χ0v) is 13.3. The van der Waals surface area contributed by atoms with Gasteiger partial charge in [-0.2, -0.15) is 0 Å². The molecular weight excluding hydrogens is 288 g/mol. The van der Waals surface area contributed by atoms with Crippen LogP contribution in [0.15, 0.2) is 11.6 Å². The number of nitrogen functional groups attached to an aromatic ring is 1. The summed E-state index contributed by atoms with van der Waals surface area (Å²) in [6, 6.07) is 1.81. The van der Waals surface area contributed by atoms with Crippen molar-refractivity contribution in [3.8, 4) is 0 Å². The number of hydrazine groups is 1. The molecule has 0 aliphatic carbocycles. The monoisotopic (exact) mass is 308 g/mol. The molecule has 0 atom stereocenters. The Balaban J connectivity index is 2.18. The van der Waals surface area contributed by atoms with E-state index in [1.807, 2.05) is 37.4 Å². The van der Waals surface area contributed by atoms with Gasteiger partial charge in [-0.1, -0.05) is 0 Å². The summed E-state index contributed by atoms with van der Waals surface area (Å²) in [7, 11) is 1.98. The lowest BCUT2D eigenvalue weighted by Gasteiger charge is -2.19. The predicted molar refractivity (Wildman–Crippen MR) is 84.1 cm³/mol. The first-order chi connectivity index (χ1) is 10.1. The molecule has 0 saturated heterocycles. The van der Waals surface area contributed by atoms with Gasteiger partial charge in [0.1, 0.15) is 18.2 Å². The molecule has 2 aromatic rings. The molecule has 2 aromatic heterocycles. The fraction of sp³-hybridized carbons (Fsp3) is 0.462. The molecule has 0 aliphatic heterocycles. The van der Waals surface area contributed by atoms with Crippen LogP contribution in [0.3, 0.4) is 0 Å². The lowest BCUT2D eigenvalue weighted by atomic mass is 10.3. The third-order valence-corrected chi connectivity index (χ3v) is 3.88. The molecule has 0 amide bonds. The summed E-state index contributed by atoms with van der Waals surface area (Å²) in [5.41, 5.74) is 5.47. The Kier molecular flexibility index (Phi) is 5.43. The molecule has 0 saturated carbocycles. The molecule has 3 N–H and O–H groups in total. The van der Waals surface area contributed by atoms with Crippen LogP contribution in [0.5, 0.6) is 0 Å². The number of thiazole rings is 1. The maximum atomic E-state index is 5.47. The standard InChI is InChI=1S/C13H20N6OS/c1-4-20-7-12-16-11(18-14)5-13(17-12)19(3)6-10-9(2)15-8-21-10/h5,8H,4,6-7,14H2,1-3H3,(H,16,17,18). The summed E-state index contributed by atoms with van der Waals surface area (Å²) in [5, 5.41) is 0. The van der Waals surface area contributed by atoms with Gasteiger partial charge in [0.15, 0.2) is 5.82 Å². The van der Waals surface area contributed by atoms with E-state index in [1.165, 1.54) is 4.88 Å². The van der Waals surface area contributed by atoms with E-state index in [0.29, 0.717) is 24.9 Å². The summed E-state index contributed by atoms with van der Waals surface area (Å²) >= 11 is 1.64. The third kappa shape index (κ3) is 4.10. The molecule has 21 heavy (non-hydrogen) atoms. The van der Waals surface area contributed by atoms with Crippen LogP contribution in [-0.2, 0) is 17.9 Å². The van der Waals surface area contributed by atoms with Crippen LogP contribution in [0.25, 0.3) is 0 Å². The van der Waals surface area contributed by atoms with Gasteiger partial charge in [0, 0.05) is 24.6 Å². The molecule has 8 heteroatoms. The van der Waals surface area contributed by atoms with Gasteiger partial charge in [-0.05, 0) is 13.8 Å². The van der Waals surface area contributed by atoms with E-state index in [-0.39, 0.29) is 0 Å². The fourth-order valence-corrected chi connectivity index (χ4v) is 2.61. The predicted octanol–water partition coefficient (Wildman–Crippen LogP) is 1.70. The van der Waals surface area contributed by atoms with E-state index >= 15 is 0 Å². The molecule has 7 nitrogen and oxygen atoms in total. The lowest BCUT2D eigenvalue weighted by Crippen LogP contribution is -2.20. The van der Waals surface area contributed by atoms with Crippen LogP contribution in [0.4, 0.5) is 11.6 Å². The largest absolute Gasteiger partial charge is 0.374 e. The van der Waals surface area contributed by atoms with Crippen molar-refractivity contribution in [1.29, 1.82) is 0 Å². The summed E-state index contributed by atoms with van der Waals surface area (Å²) < 4.78 is 5.36. The van der Waals surface area contributed by atoms with Crippen LogP contribution in [-0.4, -0.2) is 28.6 Å². The number of hydrogen-bond donors (Lipinski definition) is 2. The van der Waals surface area contributed by atoms with Gasteiger partial charge >= 0.3 is 0 Å². The molecule has 2 rings (SSSR count). The molecule has 0 bridgehead atoms. The Morgan fingerprint density at radius 1 is 1.43 bits per heavy atom. The minimum absolute atomic E-state index is 0.368. The minimum Gasteiger partial charge on any atom is -0.374 e. The number of aryl methyl sites for hydroxylation is 1. The van der Waals surface area contributed by atoms with Crippen molar-refractivity contribution in [1.82, 2.24) is 15.0 Å². The summed E-state index contributed by atoms with van der Waals surface area (Å²) in [6.45, 7) is 5.67. The van der Waals surface area contributed by atoms with Crippen LogP contribution >= 0.6 is 11.3 Å². The quantitative estimate of drug-likeness (QED) is 0.594. The topological polar surface area (TPSA) is 89.2 Å². The van der Waals surface area contributed by atoms with Crippen molar-refractivity contribution in [3.05, 3.63) is 28.0 Å². The Labute approximate surface area is 128 Å². The molecule has 0 radical (unpaired) electrons. The molecule has 0 spiro atoms. The first kappa shape index (κ1) is 15.6. The van der Waals surface area contributed by atoms with Crippen molar-refractivity contribution in [2.45, 2.75) is 27.0 Å². The molecule has 2 heterocycles. The second kappa shape index (κ2) is 7.30. The Bertz CT molecular complexity index is 588. The number of ether oxygens (including phenoxy) is 1. The zero-order valence-electron chi connectivity index (χ0n) is 12.5. The van der Waals surface area contributed by atoms with Crippen LogP contribution in [0, 0.1) is 6.92 Å². The fourth-order valence-electron chi connectivity index (χ4n) is 1.78. The smallest absolute Gasteiger partial charge is 0.158 e. The van der Waals surface area contributed by atoms with Crippen molar-refractivity contribution >= 4 is 23.0 Å². The highest BCUT2D eigenvalue weighted by Gasteiger charge is 2.11. The van der Waals surface area contributed by atoms with Gasteiger partial charge < -0.3 is 15.1 Å². The highest BCUT2D eigenvalue weighted by atomic mass is 32.1. The van der Waals surface area contributed by atoms with Gasteiger partial charge in [0.05, 0.1) is 17.7 Å². The second-order valence-electron chi connectivity index (χ2n) is 4.53. The molecule has 114 valence electrons. The normalized spacial score (nSPS) is 10.7. The Hall–Kier alpha value is -1.77. The molecule has 0 aliphatic rings. The molecule has 0 unspecified atom stereocenters. The number of nitrogens with one attached hydrogen (secondary N) is 1. The third-order valence-electron chi connectivity index (χ3n) is 2.96. The average molecular weight is 308 g/mol. The zero-order chi connectivity index (χ0) is 15.2. The van der Waals surface area contributed by atoms with Crippen molar-refractivity contribution < 1.29 is 4.74 Å². The van der Waals surface area contributed by atoms with E-state index in [9.17, 15) is 0 Å². The van der Waals surface area contributed by atoms with Crippen LogP contribution in [0.2, 0.25) is 0 Å². The maximum absolute atomic E-state index is 5.47. The summed E-state index contributed by atoms with van der Waals surface area (Å²) in [6.07, 6.45) is 0. The lowest BCUT2D eigenvalue weighted by molar-refractivity contribution is 0.128. The number of hydrogen-bond acceptors (Lipinski definition) is 8. The number of aromatic nitrogens is 3.